The SMILES string of the molecule is Cc1cc(C(=O)N(C)C2CCN(Cc3ccc(Br)cc3)CC2)nn1C. The maximum atomic E-state index is 12.6. The normalized spacial score (nSPS) is 16.2. The summed E-state index contributed by atoms with van der Waals surface area (Å²) in [6, 6.07) is 10.6. The average molecular weight is 405 g/mol. The van der Waals surface area contributed by atoms with Crippen molar-refractivity contribution < 1.29 is 4.79 Å². The molecule has 0 saturated carbocycles. The summed E-state index contributed by atoms with van der Waals surface area (Å²) in [7, 11) is 3.77. The summed E-state index contributed by atoms with van der Waals surface area (Å²) in [5.74, 6) is 0.0232. The van der Waals surface area contributed by atoms with E-state index in [9.17, 15) is 4.79 Å². The van der Waals surface area contributed by atoms with Crippen molar-refractivity contribution in [3.05, 3.63) is 51.8 Å². The molecule has 0 atom stereocenters. The van der Waals surface area contributed by atoms with Gasteiger partial charge in [-0.3, -0.25) is 14.4 Å². The Balaban J connectivity index is 1.54. The molecule has 0 unspecified atom stereocenters. The minimum Gasteiger partial charge on any atom is -0.337 e. The number of benzene rings is 1. The van der Waals surface area contributed by atoms with Crippen molar-refractivity contribution in [1.82, 2.24) is 19.6 Å². The van der Waals surface area contributed by atoms with Crippen LogP contribution in [-0.4, -0.2) is 51.7 Å². The molecule has 6 heteroatoms. The van der Waals surface area contributed by atoms with Crippen LogP contribution in [0, 0.1) is 6.92 Å². The van der Waals surface area contributed by atoms with Gasteiger partial charge in [-0.1, -0.05) is 28.1 Å². The standard InChI is InChI=1S/C19H25BrN4O/c1-14-12-18(21-23(14)3)19(25)22(2)17-8-10-24(11-9-17)13-15-4-6-16(20)7-5-15/h4-7,12,17H,8-11,13H2,1-3H3. The van der Waals surface area contributed by atoms with Gasteiger partial charge in [0.05, 0.1) is 0 Å². The predicted octanol–water partition coefficient (Wildman–Crippen LogP) is 3.23. The van der Waals surface area contributed by atoms with Crippen LogP contribution in [0.5, 0.6) is 0 Å². The third kappa shape index (κ3) is 4.30. The average Bonchev–Trinajstić information content (AvgIpc) is 2.95. The fraction of sp³-hybridized carbons (Fsp3) is 0.474. The van der Waals surface area contributed by atoms with Crippen molar-refractivity contribution in [1.29, 1.82) is 0 Å². The summed E-state index contributed by atoms with van der Waals surface area (Å²) < 4.78 is 2.86. The van der Waals surface area contributed by atoms with E-state index in [1.54, 1.807) is 4.68 Å². The molecule has 25 heavy (non-hydrogen) atoms. The molecule has 1 amide bonds. The number of hydrogen-bond acceptors (Lipinski definition) is 3. The molecule has 3 rings (SSSR count). The van der Waals surface area contributed by atoms with E-state index >= 15 is 0 Å². The summed E-state index contributed by atoms with van der Waals surface area (Å²) in [4.78, 5) is 17.0. The van der Waals surface area contributed by atoms with E-state index in [2.05, 4.69) is 50.2 Å². The van der Waals surface area contributed by atoms with Gasteiger partial charge < -0.3 is 4.90 Å². The third-order valence-electron chi connectivity index (χ3n) is 5.08. The molecule has 0 radical (unpaired) electrons. The van der Waals surface area contributed by atoms with Crippen LogP contribution in [0.2, 0.25) is 0 Å². The van der Waals surface area contributed by atoms with E-state index in [0.717, 1.165) is 42.6 Å². The Morgan fingerprint density at radius 1 is 1.28 bits per heavy atom. The van der Waals surface area contributed by atoms with E-state index in [0.29, 0.717) is 5.69 Å². The molecule has 134 valence electrons. The van der Waals surface area contributed by atoms with Crippen LogP contribution in [0.4, 0.5) is 0 Å². The Bertz CT molecular complexity index is 713. The Labute approximate surface area is 157 Å². The third-order valence-corrected chi connectivity index (χ3v) is 5.61. The van der Waals surface area contributed by atoms with Crippen LogP contribution in [0.25, 0.3) is 0 Å². The number of aryl methyl sites for hydroxylation is 2. The van der Waals surface area contributed by atoms with Gasteiger partial charge in [0, 0.05) is 49.9 Å². The van der Waals surface area contributed by atoms with Crippen LogP contribution in [-0.2, 0) is 13.6 Å². The Hall–Kier alpha value is -1.66. The van der Waals surface area contributed by atoms with Gasteiger partial charge in [0.25, 0.3) is 5.91 Å². The number of carbonyl (C=O) groups excluding carboxylic acids is 1. The monoisotopic (exact) mass is 404 g/mol. The maximum absolute atomic E-state index is 12.6. The first kappa shape index (κ1) is 18.1. The lowest BCUT2D eigenvalue weighted by Crippen LogP contribution is -2.45. The van der Waals surface area contributed by atoms with E-state index in [4.69, 9.17) is 0 Å². The Morgan fingerprint density at radius 3 is 2.48 bits per heavy atom. The number of hydrogen-bond donors (Lipinski definition) is 0. The zero-order chi connectivity index (χ0) is 18.0. The molecule has 0 N–H and O–H groups in total. The van der Waals surface area contributed by atoms with Gasteiger partial charge in [-0.15, -0.1) is 0 Å². The fourth-order valence-electron chi connectivity index (χ4n) is 3.32. The van der Waals surface area contributed by atoms with Crippen molar-refractivity contribution in [2.45, 2.75) is 32.4 Å². The lowest BCUT2D eigenvalue weighted by atomic mass is 10.0. The molecule has 1 aliphatic rings. The first-order valence-corrected chi connectivity index (χ1v) is 9.48. The predicted molar refractivity (Wildman–Crippen MR) is 102 cm³/mol. The Kier molecular flexibility index (Phi) is 5.59. The number of aromatic nitrogens is 2. The van der Waals surface area contributed by atoms with E-state index in [1.807, 2.05) is 32.0 Å². The highest BCUT2D eigenvalue weighted by atomic mass is 79.9. The highest BCUT2D eigenvalue weighted by molar-refractivity contribution is 9.10. The van der Waals surface area contributed by atoms with Crippen LogP contribution in [0.3, 0.4) is 0 Å². The summed E-state index contributed by atoms with van der Waals surface area (Å²) in [6.07, 6.45) is 2.01. The van der Waals surface area contributed by atoms with Gasteiger partial charge in [-0.05, 0) is 43.5 Å². The molecular formula is C19H25BrN4O. The van der Waals surface area contributed by atoms with Crippen molar-refractivity contribution >= 4 is 21.8 Å². The smallest absolute Gasteiger partial charge is 0.274 e. The van der Waals surface area contributed by atoms with Crippen LogP contribution < -0.4 is 0 Å². The number of rotatable bonds is 4. The molecule has 0 bridgehead atoms. The fourth-order valence-corrected chi connectivity index (χ4v) is 3.59. The van der Waals surface area contributed by atoms with Gasteiger partial charge in [0.2, 0.25) is 0 Å². The molecule has 0 aliphatic carbocycles. The lowest BCUT2D eigenvalue weighted by molar-refractivity contribution is 0.0630. The molecule has 0 spiro atoms. The number of carbonyl (C=O) groups is 1. The van der Waals surface area contributed by atoms with Crippen molar-refractivity contribution in [3.8, 4) is 0 Å². The quantitative estimate of drug-likeness (QED) is 0.785. The molecule has 2 aromatic rings. The van der Waals surface area contributed by atoms with E-state index < -0.39 is 0 Å². The molecular weight excluding hydrogens is 380 g/mol. The number of amides is 1. The van der Waals surface area contributed by atoms with Crippen LogP contribution in [0.15, 0.2) is 34.8 Å². The van der Waals surface area contributed by atoms with Crippen molar-refractivity contribution in [2.75, 3.05) is 20.1 Å². The second-order valence-corrected chi connectivity index (χ2v) is 7.76. The molecule has 1 fully saturated rings. The molecule has 1 saturated heterocycles. The van der Waals surface area contributed by atoms with E-state index in [-0.39, 0.29) is 11.9 Å². The Morgan fingerprint density at radius 2 is 1.92 bits per heavy atom. The minimum absolute atomic E-state index is 0.0232. The van der Waals surface area contributed by atoms with Gasteiger partial charge in [0.1, 0.15) is 0 Å². The highest BCUT2D eigenvalue weighted by Crippen LogP contribution is 2.20. The van der Waals surface area contributed by atoms with Crippen molar-refractivity contribution in [3.63, 3.8) is 0 Å². The van der Waals surface area contributed by atoms with Crippen LogP contribution >= 0.6 is 15.9 Å². The zero-order valence-electron chi connectivity index (χ0n) is 15.1. The molecule has 2 heterocycles. The van der Waals surface area contributed by atoms with Gasteiger partial charge >= 0.3 is 0 Å². The van der Waals surface area contributed by atoms with Crippen LogP contribution in [0.1, 0.15) is 34.6 Å². The maximum Gasteiger partial charge on any atom is 0.274 e. The summed E-state index contributed by atoms with van der Waals surface area (Å²) in [5, 5.41) is 4.32. The second-order valence-electron chi connectivity index (χ2n) is 6.84. The molecule has 5 nitrogen and oxygen atoms in total. The summed E-state index contributed by atoms with van der Waals surface area (Å²) in [5.41, 5.74) is 2.87. The number of nitrogens with zero attached hydrogens (tertiary/aromatic N) is 4. The molecule has 1 aromatic carbocycles. The van der Waals surface area contributed by atoms with Crippen molar-refractivity contribution in [2.24, 2.45) is 7.05 Å². The largest absolute Gasteiger partial charge is 0.337 e. The summed E-state index contributed by atoms with van der Waals surface area (Å²) in [6.45, 7) is 4.96. The number of halogens is 1. The topological polar surface area (TPSA) is 41.4 Å². The van der Waals surface area contributed by atoms with Gasteiger partial charge in [0.15, 0.2) is 5.69 Å². The first-order chi connectivity index (χ1) is 11.9. The lowest BCUT2D eigenvalue weighted by Gasteiger charge is -2.36. The van der Waals surface area contributed by atoms with Gasteiger partial charge in [-0.25, -0.2) is 0 Å². The first-order valence-electron chi connectivity index (χ1n) is 8.68. The van der Waals surface area contributed by atoms with E-state index in [1.165, 1.54) is 5.56 Å². The van der Waals surface area contributed by atoms with Gasteiger partial charge in [-0.2, -0.15) is 5.10 Å². The molecule has 1 aliphatic heterocycles. The minimum atomic E-state index is 0.0232. The second kappa shape index (κ2) is 7.70. The summed E-state index contributed by atoms with van der Waals surface area (Å²) >= 11 is 3.48. The zero-order valence-corrected chi connectivity index (χ0v) is 16.7. The molecule has 1 aromatic heterocycles. The number of piperidine rings is 1. The number of likely N-dealkylation sites (tertiary alicyclic amines) is 1. The highest BCUT2D eigenvalue weighted by Gasteiger charge is 2.27.